The summed E-state index contributed by atoms with van der Waals surface area (Å²) >= 11 is 0. The summed E-state index contributed by atoms with van der Waals surface area (Å²) in [6.07, 6.45) is 14.2. The lowest BCUT2D eigenvalue weighted by molar-refractivity contribution is 0.267. The van der Waals surface area contributed by atoms with E-state index >= 15 is 0 Å². The highest BCUT2D eigenvalue weighted by molar-refractivity contribution is 4.91. The van der Waals surface area contributed by atoms with Gasteiger partial charge in [-0.15, -0.1) is 12.3 Å². The van der Waals surface area contributed by atoms with E-state index in [-0.39, 0.29) is 0 Å². The van der Waals surface area contributed by atoms with Crippen molar-refractivity contribution < 1.29 is 0 Å². The zero-order valence-electron chi connectivity index (χ0n) is 10.3. The highest BCUT2D eigenvalue weighted by atomic mass is 14.9. The molecular weight excluding hydrogens is 182 g/mol. The molecule has 0 amide bonds. The van der Waals surface area contributed by atoms with Gasteiger partial charge in [-0.05, 0) is 38.0 Å². The minimum atomic E-state index is 0.540. The Labute approximate surface area is 95.0 Å². The molecule has 0 spiro atoms. The van der Waals surface area contributed by atoms with Crippen LogP contribution in [0.25, 0.3) is 0 Å². The smallest absolute Gasteiger partial charge is 0.0240 e. The molecule has 0 bridgehead atoms. The lowest BCUT2D eigenvalue weighted by Gasteiger charge is -2.31. The highest BCUT2D eigenvalue weighted by Gasteiger charge is 2.21. The van der Waals surface area contributed by atoms with Crippen LogP contribution in [0.3, 0.4) is 0 Å². The molecule has 1 N–H and O–H groups in total. The second kappa shape index (κ2) is 6.90. The van der Waals surface area contributed by atoms with E-state index in [1.807, 2.05) is 0 Å². The Balaban J connectivity index is 2.25. The molecule has 0 radical (unpaired) electrons. The Hall–Kier alpha value is -0.480. The molecule has 0 aromatic heterocycles. The van der Waals surface area contributed by atoms with Crippen LogP contribution in [0.1, 0.15) is 58.8 Å². The van der Waals surface area contributed by atoms with Crippen LogP contribution in [-0.4, -0.2) is 12.1 Å². The zero-order valence-corrected chi connectivity index (χ0v) is 10.3. The minimum Gasteiger partial charge on any atom is -0.310 e. The molecule has 0 aromatic rings. The van der Waals surface area contributed by atoms with Gasteiger partial charge < -0.3 is 5.32 Å². The summed E-state index contributed by atoms with van der Waals surface area (Å²) in [6, 6.07) is 1.27. The molecule has 1 saturated carbocycles. The standard InChI is InChI=1S/C14H25N/c1-4-7-13(6-3)15-14-10-8-12(5-2)9-11-14/h1,12-15H,5-11H2,2-3H3. The van der Waals surface area contributed by atoms with E-state index in [0.717, 1.165) is 24.8 Å². The van der Waals surface area contributed by atoms with Gasteiger partial charge in [0, 0.05) is 18.5 Å². The van der Waals surface area contributed by atoms with Gasteiger partial charge >= 0.3 is 0 Å². The Kier molecular flexibility index (Phi) is 5.79. The summed E-state index contributed by atoms with van der Waals surface area (Å²) in [5.74, 6) is 3.75. The maximum absolute atomic E-state index is 5.36. The highest BCUT2D eigenvalue weighted by Crippen LogP contribution is 2.26. The van der Waals surface area contributed by atoms with Crippen molar-refractivity contribution >= 4 is 0 Å². The summed E-state index contributed by atoms with van der Waals surface area (Å²) in [4.78, 5) is 0. The molecule has 1 fully saturated rings. The first-order valence-electron chi connectivity index (χ1n) is 6.49. The van der Waals surface area contributed by atoms with Crippen molar-refractivity contribution in [1.29, 1.82) is 0 Å². The van der Waals surface area contributed by atoms with Crippen LogP contribution in [-0.2, 0) is 0 Å². The molecule has 1 atom stereocenters. The van der Waals surface area contributed by atoms with Crippen molar-refractivity contribution in [3.05, 3.63) is 0 Å². The van der Waals surface area contributed by atoms with Gasteiger partial charge in [-0.1, -0.05) is 20.3 Å². The van der Waals surface area contributed by atoms with Crippen LogP contribution in [0.5, 0.6) is 0 Å². The lowest BCUT2D eigenvalue weighted by atomic mass is 9.84. The van der Waals surface area contributed by atoms with Crippen molar-refractivity contribution in [3.8, 4) is 12.3 Å². The van der Waals surface area contributed by atoms with Crippen LogP contribution >= 0.6 is 0 Å². The van der Waals surface area contributed by atoms with Crippen LogP contribution in [0, 0.1) is 18.3 Å². The quantitative estimate of drug-likeness (QED) is 0.682. The Bertz CT molecular complexity index is 196. The fourth-order valence-electron chi connectivity index (χ4n) is 2.53. The van der Waals surface area contributed by atoms with Gasteiger partial charge in [-0.2, -0.15) is 0 Å². The third-order valence-electron chi connectivity index (χ3n) is 3.75. The fourth-order valence-corrected chi connectivity index (χ4v) is 2.53. The van der Waals surface area contributed by atoms with E-state index in [9.17, 15) is 0 Å². The molecular formula is C14H25N. The van der Waals surface area contributed by atoms with Gasteiger partial charge in [0.25, 0.3) is 0 Å². The number of hydrogen-bond acceptors (Lipinski definition) is 1. The molecule has 0 heterocycles. The Morgan fingerprint density at radius 2 is 1.93 bits per heavy atom. The zero-order chi connectivity index (χ0) is 11.1. The van der Waals surface area contributed by atoms with Crippen molar-refractivity contribution in [2.45, 2.75) is 70.9 Å². The molecule has 0 aromatic carbocycles. The maximum atomic E-state index is 5.36. The fraction of sp³-hybridized carbons (Fsp3) is 0.857. The average Bonchev–Trinajstić information content (AvgIpc) is 2.29. The predicted octanol–water partition coefficient (Wildman–Crippen LogP) is 3.35. The average molecular weight is 207 g/mol. The molecule has 1 heteroatoms. The topological polar surface area (TPSA) is 12.0 Å². The van der Waals surface area contributed by atoms with Gasteiger partial charge in [0.15, 0.2) is 0 Å². The first-order valence-corrected chi connectivity index (χ1v) is 6.49. The summed E-state index contributed by atoms with van der Waals surface area (Å²) in [5, 5.41) is 3.71. The normalized spacial score (nSPS) is 28.3. The first kappa shape index (κ1) is 12.6. The molecule has 0 saturated heterocycles. The lowest BCUT2D eigenvalue weighted by Crippen LogP contribution is -2.40. The van der Waals surface area contributed by atoms with E-state index in [1.54, 1.807) is 0 Å². The van der Waals surface area contributed by atoms with E-state index in [4.69, 9.17) is 6.42 Å². The second-order valence-corrected chi connectivity index (χ2v) is 4.81. The minimum absolute atomic E-state index is 0.540. The van der Waals surface area contributed by atoms with Crippen molar-refractivity contribution in [2.24, 2.45) is 5.92 Å². The summed E-state index contributed by atoms with van der Waals surface area (Å²) in [7, 11) is 0. The van der Waals surface area contributed by atoms with E-state index < -0.39 is 0 Å². The Morgan fingerprint density at radius 3 is 2.40 bits per heavy atom. The monoisotopic (exact) mass is 207 g/mol. The van der Waals surface area contributed by atoms with Crippen LogP contribution < -0.4 is 5.32 Å². The number of hydrogen-bond donors (Lipinski definition) is 1. The molecule has 1 nitrogen and oxygen atoms in total. The number of nitrogens with one attached hydrogen (secondary N) is 1. The third-order valence-corrected chi connectivity index (χ3v) is 3.75. The van der Waals surface area contributed by atoms with Crippen molar-refractivity contribution in [2.75, 3.05) is 0 Å². The molecule has 15 heavy (non-hydrogen) atoms. The first-order chi connectivity index (χ1) is 7.30. The van der Waals surface area contributed by atoms with Gasteiger partial charge in [0.1, 0.15) is 0 Å². The predicted molar refractivity (Wildman–Crippen MR) is 66.7 cm³/mol. The Morgan fingerprint density at radius 1 is 1.27 bits per heavy atom. The second-order valence-electron chi connectivity index (χ2n) is 4.81. The van der Waals surface area contributed by atoms with Gasteiger partial charge in [0.2, 0.25) is 0 Å². The number of terminal acetylenes is 1. The summed E-state index contributed by atoms with van der Waals surface area (Å²) in [5.41, 5.74) is 0. The van der Waals surface area contributed by atoms with Crippen LogP contribution in [0.4, 0.5) is 0 Å². The largest absolute Gasteiger partial charge is 0.310 e. The SMILES string of the molecule is C#CCC(CC)NC1CCC(CC)CC1. The van der Waals surface area contributed by atoms with E-state index in [0.29, 0.717) is 6.04 Å². The maximum Gasteiger partial charge on any atom is 0.0240 e. The summed E-state index contributed by atoms with van der Waals surface area (Å²) in [6.45, 7) is 4.53. The number of rotatable bonds is 5. The van der Waals surface area contributed by atoms with Gasteiger partial charge in [0.05, 0.1) is 0 Å². The molecule has 0 aliphatic heterocycles. The van der Waals surface area contributed by atoms with Crippen molar-refractivity contribution in [3.63, 3.8) is 0 Å². The molecule has 86 valence electrons. The molecule has 1 rings (SSSR count). The molecule has 1 unspecified atom stereocenters. The van der Waals surface area contributed by atoms with E-state index in [2.05, 4.69) is 25.1 Å². The van der Waals surface area contributed by atoms with E-state index in [1.165, 1.54) is 32.1 Å². The third kappa shape index (κ3) is 4.26. The van der Waals surface area contributed by atoms with Crippen LogP contribution in [0.2, 0.25) is 0 Å². The molecule has 1 aliphatic carbocycles. The van der Waals surface area contributed by atoms with Crippen molar-refractivity contribution in [1.82, 2.24) is 5.32 Å². The van der Waals surface area contributed by atoms with Crippen LogP contribution in [0.15, 0.2) is 0 Å². The van der Waals surface area contributed by atoms with Gasteiger partial charge in [-0.3, -0.25) is 0 Å². The van der Waals surface area contributed by atoms with Gasteiger partial charge in [-0.25, -0.2) is 0 Å². The summed E-state index contributed by atoms with van der Waals surface area (Å²) < 4.78 is 0. The molecule has 1 aliphatic rings.